The van der Waals surface area contributed by atoms with Crippen molar-refractivity contribution in [1.82, 2.24) is 0 Å². The molecule has 1 rings (SSSR count). The highest BCUT2D eigenvalue weighted by Gasteiger charge is 2.42. The van der Waals surface area contributed by atoms with Gasteiger partial charge in [0.1, 0.15) is 6.61 Å². The Bertz CT molecular complexity index is 389. The fourth-order valence-electron chi connectivity index (χ4n) is 1.17. The van der Waals surface area contributed by atoms with Gasteiger partial charge in [-0.3, -0.25) is 0 Å². The molecule has 0 bridgehead atoms. The Kier molecular flexibility index (Phi) is 4.36. The van der Waals surface area contributed by atoms with E-state index in [1.54, 1.807) is 0 Å². The average Bonchev–Trinajstić information content (AvgIpc) is 2.18. The van der Waals surface area contributed by atoms with Crippen molar-refractivity contribution in [3.63, 3.8) is 0 Å². The molecule has 0 spiro atoms. The van der Waals surface area contributed by atoms with Gasteiger partial charge in [0.05, 0.1) is 0 Å². The van der Waals surface area contributed by atoms with Crippen LogP contribution in [-0.4, -0.2) is 23.9 Å². The molecule has 3 nitrogen and oxygen atoms in total. The maximum absolute atomic E-state index is 12.6. The van der Waals surface area contributed by atoms with Crippen LogP contribution in [0.3, 0.4) is 0 Å². The van der Waals surface area contributed by atoms with Crippen molar-refractivity contribution in [1.29, 1.82) is 0 Å². The van der Waals surface area contributed by atoms with Crippen LogP contribution in [0.15, 0.2) is 24.3 Å². The summed E-state index contributed by atoms with van der Waals surface area (Å²) in [5.74, 6) is -1.46. The van der Waals surface area contributed by atoms with E-state index in [-0.39, 0.29) is 10.6 Å². The standard InChI is InChI=1S/C10H8ClF3O3/c11-7-3-1-6(2-4-7)9(10(12,13)14)17-5-8(15)16/h1-4,9H,5H2,(H,15,16)/t9-/m1/s1. The first-order valence-electron chi connectivity index (χ1n) is 4.46. The second kappa shape index (κ2) is 5.37. The first-order chi connectivity index (χ1) is 7.80. The fraction of sp³-hybridized carbons (Fsp3) is 0.300. The number of carboxylic acid groups (broad SMARTS) is 1. The van der Waals surface area contributed by atoms with Gasteiger partial charge in [-0.2, -0.15) is 13.2 Å². The molecule has 0 unspecified atom stereocenters. The predicted octanol–water partition coefficient (Wildman–Crippen LogP) is 3.04. The van der Waals surface area contributed by atoms with Crippen molar-refractivity contribution < 1.29 is 27.8 Å². The Labute approximate surface area is 99.8 Å². The molecule has 0 aromatic heterocycles. The van der Waals surface area contributed by atoms with Gasteiger partial charge in [-0.05, 0) is 17.7 Å². The van der Waals surface area contributed by atoms with E-state index in [0.29, 0.717) is 0 Å². The number of halogens is 4. The zero-order valence-electron chi connectivity index (χ0n) is 8.37. The first kappa shape index (κ1) is 13.8. The second-order valence-corrected chi connectivity index (χ2v) is 3.61. The third-order valence-electron chi connectivity index (χ3n) is 1.84. The van der Waals surface area contributed by atoms with Gasteiger partial charge in [-0.25, -0.2) is 4.79 Å². The van der Waals surface area contributed by atoms with Gasteiger partial charge < -0.3 is 9.84 Å². The number of hydrogen-bond donors (Lipinski definition) is 1. The van der Waals surface area contributed by atoms with Gasteiger partial charge in [0.25, 0.3) is 0 Å². The molecule has 1 aromatic rings. The molecule has 0 radical (unpaired) electrons. The lowest BCUT2D eigenvalue weighted by atomic mass is 10.1. The van der Waals surface area contributed by atoms with E-state index in [1.807, 2.05) is 0 Å². The SMILES string of the molecule is O=C(O)CO[C@H](c1ccc(Cl)cc1)C(F)(F)F. The summed E-state index contributed by atoms with van der Waals surface area (Å²) in [6, 6.07) is 4.84. The molecule has 1 aromatic carbocycles. The predicted molar refractivity (Wildman–Crippen MR) is 53.8 cm³/mol. The zero-order valence-corrected chi connectivity index (χ0v) is 9.13. The molecule has 0 heterocycles. The highest BCUT2D eigenvalue weighted by atomic mass is 35.5. The maximum Gasteiger partial charge on any atom is 0.418 e. The summed E-state index contributed by atoms with van der Waals surface area (Å²) in [6.07, 6.45) is -6.95. The highest BCUT2D eigenvalue weighted by molar-refractivity contribution is 6.30. The Balaban J connectivity index is 2.90. The minimum atomic E-state index is -4.68. The van der Waals surface area contributed by atoms with Crippen LogP contribution in [0.5, 0.6) is 0 Å². The summed E-state index contributed by atoms with van der Waals surface area (Å²) in [5, 5.41) is 8.59. The molecule has 0 saturated carbocycles. The summed E-state index contributed by atoms with van der Waals surface area (Å²) in [5.41, 5.74) is -0.192. The first-order valence-corrected chi connectivity index (χ1v) is 4.84. The molecule has 0 aliphatic heterocycles. The molecule has 0 saturated heterocycles. The summed E-state index contributed by atoms with van der Waals surface area (Å²) in [7, 11) is 0. The van der Waals surface area contributed by atoms with Crippen LogP contribution in [0.2, 0.25) is 5.02 Å². The van der Waals surface area contributed by atoms with Crippen LogP contribution in [0, 0.1) is 0 Å². The topological polar surface area (TPSA) is 46.5 Å². The van der Waals surface area contributed by atoms with Crippen molar-refractivity contribution in [2.45, 2.75) is 12.3 Å². The van der Waals surface area contributed by atoms with Gasteiger partial charge in [-0.15, -0.1) is 0 Å². The van der Waals surface area contributed by atoms with Crippen LogP contribution >= 0.6 is 11.6 Å². The molecule has 94 valence electrons. The Morgan fingerprint density at radius 2 is 1.88 bits per heavy atom. The number of carbonyl (C=O) groups is 1. The normalized spacial score (nSPS) is 13.4. The van der Waals surface area contributed by atoms with Gasteiger partial charge in [0, 0.05) is 5.02 Å². The molecule has 0 amide bonds. The molecule has 1 N–H and O–H groups in total. The fourth-order valence-corrected chi connectivity index (χ4v) is 1.30. The molecular formula is C10H8ClF3O3. The smallest absolute Gasteiger partial charge is 0.418 e. The largest absolute Gasteiger partial charge is 0.480 e. The molecule has 0 aliphatic carbocycles. The number of ether oxygens (including phenoxy) is 1. The monoisotopic (exact) mass is 268 g/mol. The number of alkyl halides is 3. The Morgan fingerprint density at radius 1 is 1.35 bits per heavy atom. The van der Waals surface area contributed by atoms with E-state index in [1.165, 1.54) is 12.1 Å². The minimum Gasteiger partial charge on any atom is -0.480 e. The molecule has 0 fully saturated rings. The zero-order chi connectivity index (χ0) is 13.1. The van der Waals surface area contributed by atoms with E-state index < -0.39 is 24.9 Å². The summed E-state index contributed by atoms with van der Waals surface area (Å²) < 4.78 is 42.1. The van der Waals surface area contributed by atoms with E-state index in [2.05, 4.69) is 4.74 Å². The van der Waals surface area contributed by atoms with Crippen LogP contribution in [-0.2, 0) is 9.53 Å². The lowest BCUT2D eigenvalue weighted by Gasteiger charge is -2.20. The quantitative estimate of drug-likeness (QED) is 0.913. The van der Waals surface area contributed by atoms with Crippen LogP contribution < -0.4 is 0 Å². The van der Waals surface area contributed by atoms with Crippen LogP contribution in [0.4, 0.5) is 13.2 Å². The third kappa shape index (κ3) is 4.24. The van der Waals surface area contributed by atoms with Gasteiger partial charge >= 0.3 is 12.1 Å². The molecule has 0 aliphatic rings. The van der Waals surface area contributed by atoms with Crippen molar-refractivity contribution in [2.24, 2.45) is 0 Å². The third-order valence-corrected chi connectivity index (χ3v) is 2.10. The lowest BCUT2D eigenvalue weighted by Crippen LogP contribution is -2.25. The van der Waals surface area contributed by atoms with Crippen molar-refractivity contribution in [2.75, 3.05) is 6.61 Å². The molecule has 17 heavy (non-hydrogen) atoms. The van der Waals surface area contributed by atoms with E-state index >= 15 is 0 Å². The second-order valence-electron chi connectivity index (χ2n) is 3.18. The van der Waals surface area contributed by atoms with Gasteiger partial charge in [0.2, 0.25) is 0 Å². The summed E-state index contributed by atoms with van der Waals surface area (Å²) in [4.78, 5) is 10.2. The van der Waals surface area contributed by atoms with E-state index in [9.17, 15) is 18.0 Å². The number of rotatable bonds is 4. The minimum absolute atomic E-state index is 0.192. The van der Waals surface area contributed by atoms with E-state index in [4.69, 9.17) is 16.7 Å². The summed E-state index contributed by atoms with van der Waals surface area (Å²) >= 11 is 5.54. The molecular weight excluding hydrogens is 261 g/mol. The number of carboxylic acids is 1. The van der Waals surface area contributed by atoms with Crippen LogP contribution in [0.25, 0.3) is 0 Å². The lowest BCUT2D eigenvalue weighted by molar-refractivity contribution is -0.225. The van der Waals surface area contributed by atoms with Crippen molar-refractivity contribution >= 4 is 17.6 Å². The Hall–Kier alpha value is -1.27. The highest BCUT2D eigenvalue weighted by Crippen LogP contribution is 2.36. The van der Waals surface area contributed by atoms with E-state index in [0.717, 1.165) is 12.1 Å². The average molecular weight is 269 g/mol. The number of aliphatic carboxylic acids is 1. The number of hydrogen-bond acceptors (Lipinski definition) is 2. The summed E-state index contributed by atoms with van der Waals surface area (Å²) in [6.45, 7) is -1.02. The number of benzene rings is 1. The van der Waals surface area contributed by atoms with Gasteiger partial charge in [0.15, 0.2) is 6.10 Å². The van der Waals surface area contributed by atoms with Crippen molar-refractivity contribution in [3.8, 4) is 0 Å². The maximum atomic E-state index is 12.6. The molecule has 7 heteroatoms. The van der Waals surface area contributed by atoms with Gasteiger partial charge in [-0.1, -0.05) is 23.7 Å². The van der Waals surface area contributed by atoms with Crippen LogP contribution in [0.1, 0.15) is 11.7 Å². The van der Waals surface area contributed by atoms with Crippen molar-refractivity contribution in [3.05, 3.63) is 34.9 Å². The Morgan fingerprint density at radius 3 is 2.29 bits per heavy atom. The molecule has 1 atom stereocenters.